The number of hydrogen-bond donors (Lipinski definition) is 0. The molecule has 0 aliphatic carbocycles. The van der Waals surface area contributed by atoms with Gasteiger partial charge in [-0.15, -0.1) is 0 Å². The van der Waals surface area contributed by atoms with Crippen LogP contribution in [0.3, 0.4) is 0 Å². The zero-order chi connectivity index (χ0) is 19.5. The summed E-state index contributed by atoms with van der Waals surface area (Å²) in [5.74, 6) is -0.372. The summed E-state index contributed by atoms with van der Waals surface area (Å²) in [6.07, 6.45) is 2.37. The van der Waals surface area contributed by atoms with E-state index in [9.17, 15) is 9.18 Å². The molecule has 4 rings (SSSR count). The van der Waals surface area contributed by atoms with Crippen LogP contribution in [0.5, 0.6) is 0 Å². The number of rotatable bonds is 4. The van der Waals surface area contributed by atoms with Gasteiger partial charge in [0, 0.05) is 18.7 Å². The van der Waals surface area contributed by atoms with Crippen LogP contribution in [0.4, 0.5) is 4.39 Å². The third kappa shape index (κ3) is 3.96. The van der Waals surface area contributed by atoms with Crippen molar-refractivity contribution in [3.63, 3.8) is 0 Å². The van der Waals surface area contributed by atoms with E-state index in [-0.39, 0.29) is 23.9 Å². The second-order valence-electron chi connectivity index (χ2n) is 7.73. The van der Waals surface area contributed by atoms with E-state index in [0.717, 1.165) is 25.2 Å². The predicted molar refractivity (Wildman–Crippen MR) is 107 cm³/mol. The van der Waals surface area contributed by atoms with Crippen molar-refractivity contribution in [2.24, 2.45) is 0 Å². The third-order valence-corrected chi connectivity index (χ3v) is 5.81. The molecule has 0 radical (unpaired) electrons. The van der Waals surface area contributed by atoms with Gasteiger partial charge in [-0.2, -0.15) is 0 Å². The fourth-order valence-corrected chi connectivity index (χ4v) is 4.40. The molecule has 0 saturated carbocycles. The molecule has 2 aliphatic rings. The highest BCUT2D eigenvalue weighted by Gasteiger charge is 2.38. The normalized spacial score (nSPS) is 23.1. The van der Waals surface area contributed by atoms with Crippen LogP contribution < -0.4 is 0 Å². The Hall–Kier alpha value is -2.24. The molecule has 4 nitrogen and oxygen atoms in total. The zero-order valence-electron chi connectivity index (χ0n) is 16.3. The Morgan fingerprint density at radius 1 is 1.11 bits per heavy atom. The number of amides is 1. The molecule has 2 aromatic carbocycles. The lowest BCUT2D eigenvalue weighted by Crippen LogP contribution is -2.51. The average molecular weight is 382 g/mol. The Bertz CT molecular complexity index is 821. The Morgan fingerprint density at radius 2 is 1.86 bits per heavy atom. The second kappa shape index (κ2) is 8.41. The van der Waals surface area contributed by atoms with Gasteiger partial charge in [0.2, 0.25) is 0 Å². The van der Waals surface area contributed by atoms with E-state index < -0.39 is 0 Å². The first-order valence-electron chi connectivity index (χ1n) is 10.1. The molecule has 0 N–H and O–H groups in total. The van der Waals surface area contributed by atoms with Crippen molar-refractivity contribution in [2.45, 2.75) is 31.9 Å². The molecule has 2 aliphatic heterocycles. The van der Waals surface area contributed by atoms with Crippen molar-refractivity contribution in [1.82, 2.24) is 9.80 Å². The maximum absolute atomic E-state index is 13.5. The van der Waals surface area contributed by atoms with Crippen LogP contribution >= 0.6 is 0 Å². The minimum Gasteiger partial charge on any atom is -0.373 e. The molecular formula is C23H27FN2O2. The zero-order valence-corrected chi connectivity index (χ0v) is 16.3. The van der Waals surface area contributed by atoms with E-state index in [0.29, 0.717) is 24.3 Å². The summed E-state index contributed by atoms with van der Waals surface area (Å²) in [4.78, 5) is 17.8. The summed E-state index contributed by atoms with van der Waals surface area (Å²) in [5.41, 5.74) is 2.31. The van der Waals surface area contributed by atoms with Crippen molar-refractivity contribution in [3.8, 4) is 0 Å². The number of carbonyl (C=O) groups is 1. The number of hydrogen-bond acceptors (Lipinski definition) is 3. The average Bonchev–Trinajstić information content (AvgIpc) is 3.21. The molecule has 0 bridgehead atoms. The second-order valence-corrected chi connectivity index (χ2v) is 7.73. The number of ether oxygens (including phenoxy) is 1. The fraction of sp³-hybridized carbons (Fsp3) is 0.435. The molecule has 0 unspecified atom stereocenters. The lowest BCUT2D eigenvalue weighted by atomic mass is 9.96. The van der Waals surface area contributed by atoms with Gasteiger partial charge in [-0.1, -0.05) is 30.3 Å². The van der Waals surface area contributed by atoms with E-state index in [1.165, 1.54) is 25.0 Å². The van der Waals surface area contributed by atoms with Crippen LogP contribution in [-0.2, 0) is 4.74 Å². The molecule has 5 heteroatoms. The van der Waals surface area contributed by atoms with Crippen LogP contribution in [0.25, 0.3) is 0 Å². The van der Waals surface area contributed by atoms with Crippen LogP contribution in [0.1, 0.15) is 40.4 Å². The van der Waals surface area contributed by atoms with Crippen LogP contribution in [0.15, 0.2) is 48.5 Å². The van der Waals surface area contributed by atoms with Crippen molar-refractivity contribution < 1.29 is 13.9 Å². The Balaban J connectivity index is 1.66. The molecular weight excluding hydrogens is 355 g/mol. The summed E-state index contributed by atoms with van der Waals surface area (Å²) in [5, 5.41) is 0. The minimum absolute atomic E-state index is 0.0546. The SMILES string of the molecule is Cc1cc(F)ccc1C(=O)N1CCO[C@@H](CN2CCCC2)[C@@H]1c1ccccc1. The number of benzene rings is 2. The summed E-state index contributed by atoms with van der Waals surface area (Å²) in [7, 11) is 0. The molecule has 1 amide bonds. The molecule has 2 heterocycles. The highest BCUT2D eigenvalue weighted by atomic mass is 19.1. The van der Waals surface area contributed by atoms with E-state index in [1.807, 2.05) is 23.1 Å². The maximum Gasteiger partial charge on any atom is 0.254 e. The Kier molecular flexibility index (Phi) is 5.74. The minimum atomic E-state index is -0.317. The number of carbonyl (C=O) groups excluding carboxylic acids is 1. The number of nitrogens with zero attached hydrogens (tertiary/aromatic N) is 2. The first-order valence-corrected chi connectivity index (χ1v) is 10.1. The quantitative estimate of drug-likeness (QED) is 0.806. The highest BCUT2D eigenvalue weighted by molar-refractivity contribution is 5.96. The topological polar surface area (TPSA) is 32.8 Å². The lowest BCUT2D eigenvalue weighted by Gasteiger charge is -2.43. The van der Waals surface area contributed by atoms with Crippen LogP contribution in [0.2, 0.25) is 0 Å². The van der Waals surface area contributed by atoms with Gasteiger partial charge in [-0.25, -0.2) is 4.39 Å². The lowest BCUT2D eigenvalue weighted by molar-refractivity contribution is -0.0707. The number of morpholine rings is 1. The molecule has 0 aromatic heterocycles. The van der Waals surface area contributed by atoms with Gasteiger partial charge in [0.1, 0.15) is 5.82 Å². The smallest absolute Gasteiger partial charge is 0.254 e. The number of likely N-dealkylation sites (tertiary alicyclic amines) is 1. The molecule has 2 aromatic rings. The Labute approximate surface area is 165 Å². The van der Waals surface area contributed by atoms with Gasteiger partial charge in [0.25, 0.3) is 5.91 Å². The van der Waals surface area contributed by atoms with Crippen molar-refractivity contribution in [3.05, 3.63) is 71.0 Å². The first kappa shape index (κ1) is 19.1. The van der Waals surface area contributed by atoms with Crippen LogP contribution in [-0.4, -0.2) is 54.6 Å². The molecule has 2 atom stereocenters. The first-order chi connectivity index (χ1) is 13.6. The maximum atomic E-state index is 13.5. The number of aryl methyl sites for hydroxylation is 1. The summed E-state index contributed by atoms with van der Waals surface area (Å²) in [6.45, 7) is 5.85. The van der Waals surface area contributed by atoms with Crippen LogP contribution in [0, 0.1) is 12.7 Å². The van der Waals surface area contributed by atoms with E-state index in [1.54, 1.807) is 13.0 Å². The van der Waals surface area contributed by atoms with Gasteiger partial charge in [-0.3, -0.25) is 4.79 Å². The van der Waals surface area contributed by atoms with Gasteiger partial charge < -0.3 is 14.5 Å². The molecule has 0 spiro atoms. The Morgan fingerprint density at radius 3 is 2.57 bits per heavy atom. The molecule has 28 heavy (non-hydrogen) atoms. The predicted octanol–water partition coefficient (Wildman–Crippen LogP) is 3.81. The standard InChI is InChI=1S/C23H27FN2O2/c1-17-15-19(24)9-10-20(17)23(27)26-13-14-28-21(16-25-11-5-6-12-25)22(26)18-7-3-2-4-8-18/h2-4,7-10,15,21-22H,5-6,11-14,16H2,1H3/t21-,22-/m0/s1. The number of halogens is 1. The van der Waals surface area contributed by atoms with Gasteiger partial charge in [0.05, 0.1) is 18.8 Å². The van der Waals surface area contributed by atoms with E-state index in [2.05, 4.69) is 17.0 Å². The van der Waals surface area contributed by atoms with Crippen molar-refractivity contribution >= 4 is 5.91 Å². The fourth-order valence-electron chi connectivity index (χ4n) is 4.40. The third-order valence-electron chi connectivity index (χ3n) is 5.81. The summed E-state index contributed by atoms with van der Waals surface area (Å²) >= 11 is 0. The van der Waals surface area contributed by atoms with E-state index >= 15 is 0 Å². The molecule has 148 valence electrons. The van der Waals surface area contributed by atoms with Gasteiger partial charge >= 0.3 is 0 Å². The monoisotopic (exact) mass is 382 g/mol. The van der Waals surface area contributed by atoms with Crippen molar-refractivity contribution in [1.29, 1.82) is 0 Å². The van der Waals surface area contributed by atoms with E-state index in [4.69, 9.17) is 4.74 Å². The summed E-state index contributed by atoms with van der Waals surface area (Å²) in [6, 6.07) is 14.4. The molecule has 2 saturated heterocycles. The van der Waals surface area contributed by atoms with Gasteiger partial charge in [-0.05, 0) is 62.2 Å². The van der Waals surface area contributed by atoms with Gasteiger partial charge in [0.15, 0.2) is 0 Å². The highest BCUT2D eigenvalue weighted by Crippen LogP contribution is 2.32. The molecule has 2 fully saturated rings. The summed E-state index contributed by atoms with van der Waals surface area (Å²) < 4.78 is 19.7. The largest absolute Gasteiger partial charge is 0.373 e. The van der Waals surface area contributed by atoms with Crippen molar-refractivity contribution in [2.75, 3.05) is 32.8 Å².